The summed E-state index contributed by atoms with van der Waals surface area (Å²) in [5.74, 6) is -0.820. The zero-order valence-electron chi connectivity index (χ0n) is 19.4. The van der Waals surface area contributed by atoms with Gasteiger partial charge in [-0.2, -0.15) is 13.2 Å². The summed E-state index contributed by atoms with van der Waals surface area (Å²) >= 11 is 0. The van der Waals surface area contributed by atoms with Crippen LogP contribution in [0.25, 0.3) is 5.69 Å². The molecule has 0 aliphatic rings. The van der Waals surface area contributed by atoms with Crippen molar-refractivity contribution in [1.29, 1.82) is 0 Å². The molecule has 2 N–H and O–H groups in total. The van der Waals surface area contributed by atoms with Gasteiger partial charge in [0.2, 0.25) is 0 Å². The van der Waals surface area contributed by atoms with Gasteiger partial charge in [-0.1, -0.05) is 23.4 Å². The Balaban J connectivity index is 2.05. The highest BCUT2D eigenvalue weighted by Crippen LogP contribution is 2.30. The van der Waals surface area contributed by atoms with Gasteiger partial charge in [-0.05, 0) is 55.8 Å². The number of oxime groups is 1. The molecule has 0 aliphatic carbocycles. The van der Waals surface area contributed by atoms with Gasteiger partial charge in [-0.3, -0.25) is 14.2 Å². The first kappa shape index (κ1) is 26.7. The number of rotatable bonds is 6. The molecule has 36 heavy (non-hydrogen) atoms. The molecule has 0 radical (unpaired) electrons. The van der Waals surface area contributed by atoms with Crippen molar-refractivity contribution in [3.63, 3.8) is 0 Å². The second kappa shape index (κ2) is 9.97. The van der Waals surface area contributed by atoms with Crippen LogP contribution in [0, 0.1) is 6.92 Å². The van der Waals surface area contributed by atoms with Crippen molar-refractivity contribution < 1.29 is 31.6 Å². The first-order chi connectivity index (χ1) is 16.7. The quantitative estimate of drug-likeness (QED) is 0.291. The number of alkyl halides is 3. The van der Waals surface area contributed by atoms with E-state index in [2.05, 4.69) is 10.5 Å². The van der Waals surface area contributed by atoms with E-state index in [1.54, 1.807) is 0 Å². The van der Waals surface area contributed by atoms with Crippen LogP contribution in [0.1, 0.15) is 39.7 Å². The maximum absolute atomic E-state index is 13.3. The number of carbonyl (C=O) groups is 1. The van der Waals surface area contributed by atoms with E-state index < -0.39 is 33.0 Å². The minimum atomic E-state index is -4.65. The number of halogens is 3. The van der Waals surface area contributed by atoms with E-state index in [9.17, 15) is 36.4 Å². The molecule has 1 heterocycles. The highest BCUT2D eigenvalue weighted by molar-refractivity contribution is 7.90. The van der Waals surface area contributed by atoms with Crippen LogP contribution in [0.3, 0.4) is 0 Å². The van der Waals surface area contributed by atoms with Crippen molar-refractivity contribution in [3.05, 3.63) is 92.9 Å². The van der Waals surface area contributed by atoms with E-state index in [4.69, 9.17) is 0 Å². The topological polar surface area (TPSA) is 118 Å². The fraction of sp³-hybridized carbons (Fsp3) is 0.208. The normalized spacial score (nSPS) is 12.4. The van der Waals surface area contributed by atoms with Crippen molar-refractivity contribution in [2.24, 2.45) is 5.16 Å². The second-order valence-electron chi connectivity index (χ2n) is 8.03. The molecule has 3 aromatic rings. The van der Waals surface area contributed by atoms with Gasteiger partial charge in [0.15, 0.2) is 9.84 Å². The fourth-order valence-electron chi connectivity index (χ4n) is 3.55. The van der Waals surface area contributed by atoms with Crippen molar-refractivity contribution in [1.82, 2.24) is 9.88 Å². The third kappa shape index (κ3) is 5.65. The molecule has 3 rings (SSSR count). The zero-order chi connectivity index (χ0) is 26.8. The van der Waals surface area contributed by atoms with Crippen LogP contribution in [0.5, 0.6) is 0 Å². The van der Waals surface area contributed by atoms with Crippen molar-refractivity contribution in [3.8, 4) is 5.69 Å². The summed E-state index contributed by atoms with van der Waals surface area (Å²) in [5.41, 5.74) is -1.42. The number of nitrogens with one attached hydrogen (secondary N) is 1. The van der Waals surface area contributed by atoms with Gasteiger partial charge in [-0.25, -0.2) is 8.42 Å². The number of sulfone groups is 1. The molecule has 0 saturated carbocycles. The predicted molar refractivity (Wildman–Crippen MR) is 126 cm³/mol. The molecule has 12 heteroatoms. The van der Waals surface area contributed by atoms with E-state index in [0.29, 0.717) is 5.56 Å². The smallest absolute Gasteiger partial charge is 0.411 e. The van der Waals surface area contributed by atoms with Crippen molar-refractivity contribution in [2.75, 3.05) is 6.26 Å². The van der Waals surface area contributed by atoms with Gasteiger partial charge in [0.1, 0.15) is 5.56 Å². The molecule has 0 unspecified atom stereocenters. The lowest BCUT2D eigenvalue weighted by atomic mass is 10.0. The lowest BCUT2D eigenvalue weighted by Gasteiger charge is -2.17. The van der Waals surface area contributed by atoms with Crippen molar-refractivity contribution >= 4 is 21.5 Å². The van der Waals surface area contributed by atoms with Crippen LogP contribution in [-0.2, 0) is 22.6 Å². The van der Waals surface area contributed by atoms with E-state index in [1.807, 2.05) is 0 Å². The average molecular weight is 522 g/mol. The maximum atomic E-state index is 13.3. The van der Waals surface area contributed by atoms with E-state index >= 15 is 0 Å². The standard InChI is InChI=1S/C24H22F3N3O5S/c1-14(29-33)20-12-21(22(31)28-13-16-7-9-19(10-8-16)36(3,34)35)23(32)30(15(20)2)18-6-4-5-17(11-18)24(25,26)27/h4-12,33H,13H2,1-3H3,(H,28,31). The van der Waals surface area contributed by atoms with Crippen LogP contribution in [0.4, 0.5) is 13.2 Å². The second-order valence-corrected chi connectivity index (χ2v) is 10.0. The Bertz CT molecular complexity index is 1510. The third-order valence-corrected chi connectivity index (χ3v) is 6.60. The number of benzene rings is 2. The van der Waals surface area contributed by atoms with Gasteiger partial charge in [-0.15, -0.1) is 0 Å². The molecule has 0 saturated heterocycles. The Kier molecular flexibility index (Phi) is 7.39. The Morgan fingerprint density at radius 3 is 2.28 bits per heavy atom. The first-order valence-corrected chi connectivity index (χ1v) is 12.3. The summed E-state index contributed by atoms with van der Waals surface area (Å²) in [6.07, 6.45) is -3.59. The molecule has 0 aliphatic heterocycles. The number of carbonyl (C=O) groups excluding carboxylic acids is 1. The van der Waals surface area contributed by atoms with Crippen LogP contribution < -0.4 is 10.9 Å². The zero-order valence-corrected chi connectivity index (χ0v) is 20.2. The SMILES string of the molecule is CC(=NO)c1cc(C(=O)NCc2ccc(S(C)(=O)=O)cc2)c(=O)n(-c2cccc(C(F)(F)F)c2)c1C. The highest BCUT2D eigenvalue weighted by atomic mass is 32.2. The lowest BCUT2D eigenvalue weighted by molar-refractivity contribution is -0.137. The summed E-state index contributed by atoms with van der Waals surface area (Å²) in [4.78, 5) is 26.3. The molecule has 0 spiro atoms. The molecule has 0 atom stereocenters. The van der Waals surface area contributed by atoms with Gasteiger partial charge >= 0.3 is 6.18 Å². The minimum absolute atomic E-state index is 0.0404. The summed E-state index contributed by atoms with van der Waals surface area (Å²) in [6, 6.07) is 11.0. The number of hydrogen-bond donors (Lipinski definition) is 2. The molecule has 0 fully saturated rings. The van der Waals surface area contributed by atoms with E-state index in [-0.39, 0.29) is 39.7 Å². The van der Waals surface area contributed by atoms with Crippen LogP contribution in [0.2, 0.25) is 0 Å². The Morgan fingerprint density at radius 2 is 1.72 bits per heavy atom. The molecular formula is C24H22F3N3O5S. The van der Waals surface area contributed by atoms with E-state index in [0.717, 1.165) is 29.0 Å². The van der Waals surface area contributed by atoms with Crippen LogP contribution in [0.15, 0.2) is 69.4 Å². The summed E-state index contributed by atoms with van der Waals surface area (Å²) in [5, 5.41) is 14.9. The van der Waals surface area contributed by atoms with Crippen LogP contribution >= 0.6 is 0 Å². The average Bonchev–Trinajstić information content (AvgIpc) is 2.81. The molecule has 2 aromatic carbocycles. The Hall–Kier alpha value is -3.93. The monoisotopic (exact) mass is 521 g/mol. The summed E-state index contributed by atoms with van der Waals surface area (Å²) < 4.78 is 64.0. The van der Waals surface area contributed by atoms with Gasteiger partial charge in [0.25, 0.3) is 11.5 Å². The summed E-state index contributed by atoms with van der Waals surface area (Å²) in [6.45, 7) is 2.81. The number of amides is 1. The molecule has 1 aromatic heterocycles. The highest BCUT2D eigenvalue weighted by Gasteiger charge is 2.31. The molecule has 0 bridgehead atoms. The largest absolute Gasteiger partial charge is 0.416 e. The Labute approximate surface area is 204 Å². The fourth-order valence-corrected chi connectivity index (χ4v) is 4.18. The maximum Gasteiger partial charge on any atom is 0.416 e. The van der Waals surface area contributed by atoms with Gasteiger partial charge in [0.05, 0.1) is 16.2 Å². The third-order valence-electron chi connectivity index (χ3n) is 5.47. The molecular weight excluding hydrogens is 499 g/mol. The minimum Gasteiger partial charge on any atom is -0.411 e. The number of aromatic nitrogens is 1. The summed E-state index contributed by atoms with van der Waals surface area (Å²) in [7, 11) is -3.40. The number of pyridine rings is 1. The van der Waals surface area contributed by atoms with E-state index in [1.165, 1.54) is 50.2 Å². The predicted octanol–water partition coefficient (Wildman–Crippen LogP) is 3.70. The van der Waals surface area contributed by atoms with Crippen molar-refractivity contribution in [2.45, 2.75) is 31.5 Å². The number of hydrogen-bond acceptors (Lipinski definition) is 6. The molecule has 8 nitrogen and oxygen atoms in total. The van der Waals surface area contributed by atoms with Gasteiger partial charge in [0, 0.05) is 29.7 Å². The Morgan fingerprint density at radius 1 is 1.08 bits per heavy atom. The number of nitrogens with zero attached hydrogens (tertiary/aromatic N) is 2. The van der Waals surface area contributed by atoms with Gasteiger partial charge < -0.3 is 10.5 Å². The molecule has 190 valence electrons. The first-order valence-electron chi connectivity index (χ1n) is 10.4. The lowest BCUT2D eigenvalue weighted by Crippen LogP contribution is -2.34. The van der Waals surface area contributed by atoms with Crippen LogP contribution in [-0.4, -0.2) is 36.1 Å². The molecule has 1 amide bonds.